The predicted octanol–water partition coefficient (Wildman–Crippen LogP) is 6.91. The minimum absolute atomic E-state index is 0.00914. The molecule has 0 radical (unpaired) electrons. The Morgan fingerprint density at radius 3 is 2.60 bits per heavy atom. The van der Waals surface area contributed by atoms with Crippen LogP contribution >= 0.6 is 0 Å². The van der Waals surface area contributed by atoms with Gasteiger partial charge in [0.05, 0.1) is 18.2 Å². The van der Waals surface area contributed by atoms with Crippen LogP contribution in [0.4, 0.5) is 10.1 Å². The molecule has 5 rings (SSSR count). The van der Waals surface area contributed by atoms with Gasteiger partial charge in [0, 0.05) is 27.9 Å². The van der Waals surface area contributed by atoms with E-state index in [9.17, 15) is 14.3 Å². The molecule has 0 unspecified atom stereocenters. The Labute approximate surface area is 203 Å². The third-order valence-electron chi connectivity index (χ3n) is 6.35. The Balaban J connectivity index is 1.85. The minimum atomic E-state index is -0.476. The highest BCUT2D eigenvalue weighted by Crippen LogP contribution is 2.54. The molecule has 3 aromatic rings. The lowest BCUT2D eigenvalue weighted by atomic mass is 9.82. The molecular formula is C29H26FNO4. The van der Waals surface area contributed by atoms with Gasteiger partial charge < -0.3 is 19.9 Å². The summed E-state index contributed by atoms with van der Waals surface area (Å²) in [5.41, 5.74) is 5.81. The number of hydrogen-bond acceptors (Lipinski definition) is 5. The Hall–Kier alpha value is -4.06. The first-order chi connectivity index (χ1) is 16.6. The van der Waals surface area contributed by atoms with Crippen LogP contribution in [0.5, 0.6) is 17.2 Å². The number of phenols is 1. The Kier molecular flexibility index (Phi) is 5.20. The first-order valence-electron chi connectivity index (χ1n) is 11.4. The zero-order valence-corrected chi connectivity index (χ0v) is 20.2. The number of halogens is 1. The number of anilines is 1. The highest BCUT2D eigenvalue weighted by Gasteiger charge is 2.33. The summed E-state index contributed by atoms with van der Waals surface area (Å²) in [5.74, 6) is 0.634. The van der Waals surface area contributed by atoms with Gasteiger partial charge in [-0.25, -0.2) is 4.39 Å². The van der Waals surface area contributed by atoms with Crippen molar-refractivity contribution in [2.24, 2.45) is 0 Å². The number of ketones is 1. The fraction of sp³-hybridized carbons (Fsp3) is 0.207. The number of rotatable bonds is 3. The molecule has 178 valence electrons. The van der Waals surface area contributed by atoms with Gasteiger partial charge >= 0.3 is 0 Å². The van der Waals surface area contributed by atoms with Crippen LogP contribution in [0.15, 0.2) is 48.5 Å². The van der Waals surface area contributed by atoms with E-state index in [1.165, 1.54) is 32.2 Å². The van der Waals surface area contributed by atoms with Crippen molar-refractivity contribution >= 4 is 28.9 Å². The molecule has 5 nitrogen and oxygen atoms in total. The number of phenolic OH excluding ortho intramolecular Hbond substituents is 1. The van der Waals surface area contributed by atoms with Crippen molar-refractivity contribution in [3.63, 3.8) is 0 Å². The number of allylic oxidation sites excluding steroid dienone is 1. The molecule has 2 aliphatic heterocycles. The van der Waals surface area contributed by atoms with Gasteiger partial charge in [0.25, 0.3) is 0 Å². The number of nitrogens with one attached hydrogen (secondary N) is 1. The van der Waals surface area contributed by atoms with E-state index in [0.717, 1.165) is 28.0 Å². The molecule has 2 N–H and O–H groups in total. The molecule has 3 aromatic carbocycles. The molecule has 0 bridgehead atoms. The Morgan fingerprint density at radius 2 is 1.89 bits per heavy atom. The molecule has 2 heterocycles. The van der Waals surface area contributed by atoms with E-state index < -0.39 is 5.82 Å². The molecule has 0 spiro atoms. The standard InChI is InChI=1S/C29H26FNO4/c1-15-14-29(3,4)31-21-9-8-19-26(25(15)21)24(12-17-6-7-18(30)13-20(17)16(2)32)35-23-11-10-22(33)28(34-5)27(19)23/h6-14,31,33H,1-5H3. The van der Waals surface area contributed by atoms with Crippen molar-refractivity contribution in [1.82, 2.24) is 0 Å². The van der Waals surface area contributed by atoms with Crippen LogP contribution in [0.3, 0.4) is 0 Å². The topological polar surface area (TPSA) is 67.8 Å². The van der Waals surface area contributed by atoms with Gasteiger partial charge in [0.15, 0.2) is 17.3 Å². The summed E-state index contributed by atoms with van der Waals surface area (Å²) in [6.07, 6.45) is 3.92. The second-order valence-corrected chi connectivity index (χ2v) is 9.47. The molecule has 0 amide bonds. The van der Waals surface area contributed by atoms with Crippen molar-refractivity contribution in [2.75, 3.05) is 12.4 Å². The summed E-state index contributed by atoms with van der Waals surface area (Å²) in [6, 6.07) is 11.3. The highest BCUT2D eigenvalue weighted by molar-refractivity contribution is 6.04. The van der Waals surface area contributed by atoms with Gasteiger partial charge in [0.2, 0.25) is 0 Å². The number of benzene rings is 3. The summed E-state index contributed by atoms with van der Waals surface area (Å²) in [5, 5.41) is 14.0. The third-order valence-corrected chi connectivity index (χ3v) is 6.35. The molecule has 0 aromatic heterocycles. The van der Waals surface area contributed by atoms with E-state index in [-0.39, 0.29) is 22.6 Å². The highest BCUT2D eigenvalue weighted by atomic mass is 19.1. The number of hydrogen-bond donors (Lipinski definition) is 2. The number of fused-ring (bicyclic) bond motifs is 5. The molecule has 0 saturated carbocycles. The van der Waals surface area contributed by atoms with E-state index in [2.05, 4.69) is 25.2 Å². The quantitative estimate of drug-likeness (QED) is 0.407. The van der Waals surface area contributed by atoms with E-state index >= 15 is 0 Å². The Bertz CT molecular complexity index is 1470. The molecule has 2 aliphatic rings. The van der Waals surface area contributed by atoms with Crippen LogP contribution in [0, 0.1) is 5.82 Å². The summed E-state index contributed by atoms with van der Waals surface area (Å²) in [7, 11) is 1.51. The Morgan fingerprint density at radius 1 is 1.11 bits per heavy atom. The van der Waals surface area contributed by atoms with Gasteiger partial charge in [-0.15, -0.1) is 0 Å². The zero-order chi connectivity index (χ0) is 25.1. The maximum atomic E-state index is 13.9. The van der Waals surface area contributed by atoms with Crippen LogP contribution in [-0.2, 0) is 0 Å². The van der Waals surface area contributed by atoms with E-state index in [1.54, 1.807) is 18.2 Å². The van der Waals surface area contributed by atoms with Gasteiger partial charge in [-0.1, -0.05) is 18.2 Å². The number of carbonyl (C=O) groups is 1. The van der Waals surface area contributed by atoms with E-state index in [1.807, 2.05) is 19.1 Å². The molecule has 0 atom stereocenters. The summed E-state index contributed by atoms with van der Waals surface area (Å²) in [6.45, 7) is 7.66. The van der Waals surface area contributed by atoms with Gasteiger partial charge in [0.1, 0.15) is 17.3 Å². The average molecular weight is 472 g/mol. The lowest BCUT2D eigenvalue weighted by molar-refractivity contribution is 0.101. The lowest BCUT2D eigenvalue weighted by Crippen LogP contribution is -2.32. The molecule has 6 heteroatoms. The molecule has 0 saturated heterocycles. The van der Waals surface area contributed by atoms with Crippen LogP contribution < -0.4 is 14.8 Å². The second kappa shape index (κ2) is 8.01. The van der Waals surface area contributed by atoms with Crippen molar-refractivity contribution in [3.8, 4) is 28.4 Å². The monoisotopic (exact) mass is 471 g/mol. The first kappa shape index (κ1) is 22.7. The maximum absolute atomic E-state index is 13.9. The second-order valence-electron chi connectivity index (χ2n) is 9.47. The fourth-order valence-corrected chi connectivity index (χ4v) is 5.05. The average Bonchev–Trinajstić information content (AvgIpc) is 2.79. The first-order valence-corrected chi connectivity index (χ1v) is 11.4. The molecular weight excluding hydrogens is 445 g/mol. The largest absolute Gasteiger partial charge is 0.504 e. The molecule has 0 fully saturated rings. The zero-order valence-electron chi connectivity index (χ0n) is 20.2. The van der Waals surface area contributed by atoms with Crippen molar-refractivity contribution in [3.05, 3.63) is 76.6 Å². The summed E-state index contributed by atoms with van der Waals surface area (Å²) >= 11 is 0. The van der Waals surface area contributed by atoms with Crippen LogP contribution in [-0.4, -0.2) is 23.5 Å². The maximum Gasteiger partial charge on any atom is 0.172 e. The summed E-state index contributed by atoms with van der Waals surface area (Å²) < 4.78 is 25.9. The van der Waals surface area contributed by atoms with Crippen LogP contribution in [0.1, 0.15) is 54.7 Å². The number of aromatic hydroxyl groups is 1. The lowest BCUT2D eigenvalue weighted by Gasteiger charge is -2.35. The number of carbonyl (C=O) groups excluding carboxylic acids is 1. The normalized spacial score (nSPS) is 16.3. The van der Waals surface area contributed by atoms with Gasteiger partial charge in [-0.2, -0.15) is 0 Å². The van der Waals surface area contributed by atoms with Crippen molar-refractivity contribution in [1.29, 1.82) is 0 Å². The predicted molar refractivity (Wildman–Crippen MR) is 136 cm³/mol. The van der Waals surface area contributed by atoms with Crippen molar-refractivity contribution in [2.45, 2.75) is 33.2 Å². The van der Waals surface area contributed by atoms with Gasteiger partial charge in [-0.05, 0) is 75.2 Å². The molecule has 35 heavy (non-hydrogen) atoms. The number of methoxy groups -OCH3 is 1. The minimum Gasteiger partial charge on any atom is -0.504 e. The smallest absolute Gasteiger partial charge is 0.172 e. The van der Waals surface area contributed by atoms with Gasteiger partial charge in [-0.3, -0.25) is 4.79 Å². The number of Topliss-reactive ketones (excluding diaryl/α,β-unsaturated/α-hetero) is 1. The number of ether oxygens (including phenoxy) is 2. The van der Waals surface area contributed by atoms with Crippen molar-refractivity contribution < 1.29 is 23.8 Å². The SMILES string of the molecule is COc1c(O)ccc2c1-c1ccc3c(c1C(=Cc1ccc(F)cc1C(C)=O)O2)C(C)=CC(C)(C)N3. The third kappa shape index (κ3) is 3.75. The van der Waals surface area contributed by atoms with Crippen LogP contribution in [0.2, 0.25) is 0 Å². The molecule has 0 aliphatic carbocycles. The fourth-order valence-electron chi connectivity index (χ4n) is 5.05. The van der Waals surface area contributed by atoms with E-state index in [0.29, 0.717) is 28.4 Å². The van der Waals surface area contributed by atoms with Crippen LogP contribution in [0.25, 0.3) is 28.5 Å². The summed E-state index contributed by atoms with van der Waals surface area (Å²) in [4.78, 5) is 12.3. The van der Waals surface area contributed by atoms with E-state index in [4.69, 9.17) is 9.47 Å².